The Hall–Kier alpha value is -2.57. The number of piperazine rings is 1. The summed E-state index contributed by atoms with van der Waals surface area (Å²) < 4.78 is 27.6. The van der Waals surface area contributed by atoms with Gasteiger partial charge in [0.2, 0.25) is 0 Å². The Morgan fingerprint density at radius 3 is 2.58 bits per heavy atom. The molecule has 3 rings (SSSR count). The lowest BCUT2D eigenvalue weighted by Gasteiger charge is -2.35. The molecule has 24 heavy (non-hydrogen) atoms. The van der Waals surface area contributed by atoms with E-state index in [0.29, 0.717) is 43.9 Å². The summed E-state index contributed by atoms with van der Waals surface area (Å²) in [6, 6.07) is 5.64. The maximum Gasteiger partial charge on any atom is 0.254 e. The highest BCUT2D eigenvalue weighted by molar-refractivity contribution is 5.94. The van der Waals surface area contributed by atoms with Gasteiger partial charge in [-0.05, 0) is 24.6 Å². The molecular formula is C17H18F2N4O. The molecule has 2 aromatic rings. The van der Waals surface area contributed by atoms with E-state index in [2.05, 4.69) is 9.97 Å². The summed E-state index contributed by atoms with van der Waals surface area (Å²) in [6.07, 6.45) is 1.86. The molecule has 2 heterocycles. The largest absolute Gasteiger partial charge is 0.351 e. The predicted octanol–water partition coefficient (Wildman–Crippen LogP) is 2.28. The molecule has 0 radical (unpaired) electrons. The van der Waals surface area contributed by atoms with Crippen LogP contribution >= 0.6 is 0 Å². The van der Waals surface area contributed by atoms with Gasteiger partial charge in [0.25, 0.3) is 5.91 Å². The fourth-order valence-electron chi connectivity index (χ4n) is 2.79. The Labute approximate surface area is 138 Å². The van der Waals surface area contributed by atoms with E-state index in [4.69, 9.17) is 0 Å². The van der Waals surface area contributed by atoms with Gasteiger partial charge in [-0.1, -0.05) is 13.0 Å². The first-order valence-electron chi connectivity index (χ1n) is 7.89. The second-order valence-electron chi connectivity index (χ2n) is 5.60. The zero-order valence-corrected chi connectivity index (χ0v) is 13.4. The second-order valence-corrected chi connectivity index (χ2v) is 5.60. The van der Waals surface area contributed by atoms with E-state index in [1.807, 2.05) is 11.8 Å². The van der Waals surface area contributed by atoms with E-state index in [0.717, 1.165) is 0 Å². The van der Waals surface area contributed by atoms with Crippen molar-refractivity contribution in [1.82, 2.24) is 14.9 Å². The summed E-state index contributed by atoms with van der Waals surface area (Å²) in [4.78, 5) is 23.8. The minimum Gasteiger partial charge on any atom is -0.351 e. The van der Waals surface area contributed by atoms with Gasteiger partial charge < -0.3 is 9.80 Å². The average Bonchev–Trinajstić information content (AvgIpc) is 2.61. The van der Waals surface area contributed by atoms with E-state index in [-0.39, 0.29) is 11.7 Å². The molecule has 0 aliphatic carbocycles. The standard InChI is InChI=1S/C17H18F2N4O/c1-2-14-15(19)16(21-11-20-14)22-6-8-23(9-7-22)17(24)12-4-3-5-13(18)10-12/h3-5,10-11H,2,6-9H2,1H3. The van der Waals surface area contributed by atoms with Crippen LogP contribution in [0.4, 0.5) is 14.6 Å². The molecule has 0 saturated carbocycles. The van der Waals surface area contributed by atoms with Crippen LogP contribution in [-0.2, 0) is 6.42 Å². The van der Waals surface area contributed by atoms with E-state index in [9.17, 15) is 13.6 Å². The van der Waals surface area contributed by atoms with Crippen LogP contribution in [0.15, 0.2) is 30.6 Å². The van der Waals surface area contributed by atoms with Gasteiger partial charge in [0.15, 0.2) is 11.6 Å². The number of aromatic nitrogens is 2. The Morgan fingerprint density at radius 2 is 1.92 bits per heavy atom. The van der Waals surface area contributed by atoms with Crippen molar-refractivity contribution in [3.8, 4) is 0 Å². The van der Waals surface area contributed by atoms with Crippen molar-refractivity contribution in [2.75, 3.05) is 31.1 Å². The summed E-state index contributed by atoms with van der Waals surface area (Å²) in [5.41, 5.74) is 0.711. The van der Waals surface area contributed by atoms with Gasteiger partial charge in [0, 0.05) is 31.7 Å². The van der Waals surface area contributed by atoms with Crippen LogP contribution in [0.25, 0.3) is 0 Å². The summed E-state index contributed by atoms with van der Waals surface area (Å²) in [5.74, 6) is -0.772. The molecule has 1 aliphatic heterocycles. The lowest BCUT2D eigenvalue weighted by molar-refractivity contribution is 0.0746. The highest BCUT2D eigenvalue weighted by Crippen LogP contribution is 2.20. The number of amides is 1. The number of carbonyl (C=O) groups excluding carboxylic acids is 1. The maximum absolute atomic E-state index is 14.3. The van der Waals surface area contributed by atoms with Crippen LogP contribution in [0.3, 0.4) is 0 Å². The van der Waals surface area contributed by atoms with E-state index < -0.39 is 11.6 Å². The summed E-state index contributed by atoms with van der Waals surface area (Å²) in [6.45, 7) is 3.64. The molecule has 1 aromatic carbocycles. The third-order valence-electron chi connectivity index (χ3n) is 4.12. The Morgan fingerprint density at radius 1 is 1.17 bits per heavy atom. The smallest absolute Gasteiger partial charge is 0.254 e. The zero-order chi connectivity index (χ0) is 17.1. The monoisotopic (exact) mass is 332 g/mol. The fourth-order valence-corrected chi connectivity index (χ4v) is 2.79. The Balaban J connectivity index is 1.69. The van der Waals surface area contributed by atoms with Crippen LogP contribution in [0.2, 0.25) is 0 Å². The third kappa shape index (κ3) is 3.20. The number of nitrogens with zero attached hydrogens (tertiary/aromatic N) is 4. The molecule has 126 valence electrons. The second kappa shape index (κ2) is 6.90. The van der Waals surface area contributed by atoms with Crippen LogP contribution in [0, 0.1) is 11.6 Å². The van der Waals surface area contributed by atoms with Gasteiger partial charge >= 0.3 is 0 Å². The molecule has 1 aromatic heterocycles. The molecule has 7 heteroatoms. The van der Waals surface area contributed by atoms with Gasteiger partial charge in [-0.3, -0.25) is 4.79 Å². The maximum atomic E-state index is 14.3. The summed E-state index contributed by atoms with van der Waals surface area (Å²) in [5, 5.41) is 0. The molecule has 0 spiro atoms. The Kier molecular flexibility index (Phi) is 4.69. The van der Waals surface area contributed by atoms with Crippen molar-refractivity contribution in [2.24, 2.45) is 0 Å². The first-order chi connectivity index (χ1) is 11.6. The van der Waals surface area contributed by atoms with Crippen molar-refractivity contribution >= 4 is 11.7 Å². The zero-order valence-electron chi connectivity index (χ0n) is 13.4. The number of hydrogen-bond donors (Lipinski definition) is 0. The number of rotatable bonds is 3. The van der Waals surface area contributed by atoms with E-state index in [1.54, 1.807) is 11.0 Å². The molecule has 0 N–H and O–H groups in total. The van der Waals surface area contributed by atoms with Crippen LogP contribution in [-0.4, -0.2) is 47.0 Å². The van der Waals surface area contributed by atoms with Gasteiger partial charge in [0.1, 0.15) is 12.1 Å². The van der Waals surface area contributed by atoms with E-state index >= 15 is 0 Å². The minimum atomic E-state index is -0.436. The van der Waals surface area contributed by atoms with Crippen molar-refractivity contribution in [3.63, 3.8) is 0 Å². The summed E-state index contributed by atoms with van der Waals surface area (Å²) in [7, 11) is 0. The minimum absolute atomic E-state index is 0.216. The SMILES string of the molecule is CCc1ncnc(N2CCN(C(=O)c3cccc(F)c3)CC2)c1F. The molecule has 1 fully saturated rings. The molecule has 1 aliphatic rings. The van der Waals surface area contributed by atoms with Crippen molar-refractivity contribution in [2.45, 2.75) is 13.3 Å². The number of benzene rings is 1. The highest BCUT2D eigenvalue weighted by Gasteiger charge is 2.25. The predicted molar refractivity (Wildman–Crippen MR) is 85.9 cm³/mol. The topological polar surface area (TPSA) is 49.3 Å². The van der Waals surface area contributed by atoms with Crippen LogP contribution in [0.1, 0.15) is 23.0 Å². The fraction of sp³-hybridized carbons (Fsp3) is 0.353. The number of carbonyl (C=O) groups is 1. The molecule has 0 atom stereocenters. The van der Waals surface area contributed by atoms with Crippen molar-refractivity contribution < 1.29 is 13.6 Å². The molecule has 1 amide bonds. The first-order valence-corrected chi connectivity index (χ1v) is 7.89. The Bertz CT molecular complexity index is 745. The first kappa shape index (κ1) is 16.3. The lowest BCUT2D eigenvalue weighted by Crippen LogP contribution is -2.49. The van der Waals surface area contributed by atoms with Crippen LogP contribution < -0.4 is 4.90 Å². The molecule has 0 bridgehead atoms. The lowest BCUT2D eigenvalue weighted by atomic mass is 10.1. The normalized spacial score (nSPS) is 14.8. The number of aryl methyl sites for hydroxylation is 1. The number of halogens is 2. The number of anilines is 1. The summed E-state index contributed by atoms with van der Waals surface area (Å²) >= 11 is 0. The van der Waals surface area contributed by atoms with Gasteiger partial charge in [-0.2, -0.15) is 0 Å². The molecular weight excluding hydrogens is 314 g/mol. The van der Waals surface area contributed by atoms with Gasteiger partial charge in [-0.25, -0.2) is 18.7 Å². The highest BCUT2D eigenvalue weighted by atomic mass is 19.1. The molecule has 5 nitrogen and oxygen atoms in total. The van der Waals surface area contributed by atoms with E-state index in [1.165, 1.54) is 24.5 Å². The van der Waals surface area contributed by atoms with Gasteiger partial charge in [-0.15, -0.1) is 0 Å². The van der Waals surface area contributed by atoms with Crippen LogP contribution in [0.5, 0.6) is 0 Å². The average molecular weight is 332 g/mol. The number of hydrogen-bond acceptors (Lipinski definition) is 4. The van der Waals surface area contributed by atoms with Gasteiger partial charge in [0.05, 0.1) is 5.69 Å². The third-order valence-corrected chi connectivity index (χ3v) is 4.12. The molecule has 0 unspecified atom stereocenters. The van der Waals surface area contributed by atoms with Crippen molar-refractivity contribution in [3.05, 3.63) is 53.5 Å². The molecule has 1 saturated heterocycles. The quantitative estimate of drug-likeness (QED) is 0.865. The van der Waals surface area contributed by atoms with Crippen molar-refractivity contribution in [1.29, 1.82) is 0 Å².